The Morgan fingerprint density at radius 1 is 1.21 bits per heavy atom. The van der Waals surface area contributed by atoms with Crippen LogP contribution < -0.4 is 14.9 Å². The molecule has 2 aromatic carbocycles. The summed E-state index contributed by atoms with van der Waals surface area (Å²) in [4.78, 5) is 17.2. The zero-order chi connectivity index (χ0) is 17.1. The Bertz CT molecular complexity index is 974. The zero-order valence-corrected chi connectivity index (χ0v) is 14.8. The van der Waals surface area contributed by atoms with Gasteiger partial charge in [0.1, 0.15) is 11.3 Å². The number of amides is 1. The molecule has 24 heavy (non-hydrogen) atoms. The first-order valence-electron chi connectivity index (χ1n) is 7.18. The van der Waals surface area contributed by atoms with Crippen molar-refractivity contribution in [2.75, 3.05) is 7.11 Å². The number of aromatic nitrogens is 1. The van der Waals surface area contributed by atoms with Gasteiger partial charge >= 0.3 is 0 Å². The molecule has 5 nitrogen and oxygen atoms in total. The van der Waals surface area contributed by atoms with Crippen LogP contribution >= 0.6 is 23.6 Å². The largest absolute Gasteiger partial charge is 0.495 e. The van der Waals surface area contributed by atoms with Gasteiger partial charge in [-0.3, -0.25) is 10.1 Å². The van der Waals surface area contributed by atoms with Gasteiger partial charge in [-0.05, 0) is 36.5 Å². The van der Waals surface area contributed by atoms with Gasteiger partial charge in [0, 0.05) is 12.6 Å². The van der Waals surface area contributed by atoms with E-state index >= 15 is 0 Å². The topological polar surface area (TPSA) is 55.6 Å². The molecule has 0 unspecified atom stereocenters. The third-order valence-corrected chi connectivity index (χ3v) is 4.75. The van der Waals surface area contributed by atoms with Crippen LogP contribution in [0, 0.1) is 0 Å². The molecule has 1 amide bonds. The van der Waals surface area contributed by atoms with Crippen LogP contribution in [0.5, 0.6) is 5.75 Å². The van der Waals surface area contributed by atoms with Crippen molar-refractivity contribution < 1.29 is 9.53 Å². The van der Waals surface area contributed by atoms with E-state index in [-0.39, 0.29) is 11.0 Å². The van der Waals surface area contributed by atoms with Gasteiger partial charge in [0.2, 0.25) is 5.11 Å². The molecular formula is C17H15N3O2S2. The number of hydrogen-bond acceptors (Lipinski definition) is 4. The Morgan fingerprint density at radius 3 is 2.67 bits per heavy atom. The van der Waals surface area contributed by atoms with Gasteiger partial charge in [-0.2, -0.15) is 4.99 Å². The van der Waals surface area contributed by atoms with Crippen LogP contribution in [0.15, 0.2) is 53.5 Å². The second-order valence-corrected chi connectivity index (χ2v) is 6.38. The van der Waals surface area contributed by atoms with Crippen LogP contribution in [0.1, 0.15) is 10.4 Å². The fourth-order valence-corrected chi connectivity index (χ4v) is 3.59. The summed E-state index contributed by atoms with van der Waals surface area (Å²) in [6, 6.07) is 14.7. The predicted molar refractivity (Wildman–Crippen MR) is 99.4 cm³/mol. The Labute approximate surface area is 148 Å². The van der Waals surface area contributed by atoms with Crippen molar-refractivity contribution in [2.45, 2.75) is 0 Å². The Morgan fingerprint density at radius 2 is 1.96 bits per heavy atom. The van der Waals surface area contributed by atoms with E-state index in [0.29, 0.717) is 10.4 Å². The number of fused-ring (bicyclic) bond motifs is 1. The summed E-state index contributed by atoms with van der Waals surface area (Å²) in [6.07, 6.45) is 0. The molecule has 7 heteroatoms. The fraction of sp³-hybridized carbons (Fsp3) is 0.118. The molecule has 0 radical (unpaired) electrons. The molecule has 0 aliphatic heterocycles. The first-order valence-corrected chi connectivity index (χ1v) is 8.40. The van der Waals surface area contributed by atoms with Gasteiger partial charge in [-0.15, -0.1) is 0 Å². The maximum Gasteiger partial charge on any atom is 0.257 e. The van der Waals surface area contributed by atoms with Crippen molar-refractivity contribution in [1.29, 1.82) is 0 Å². The van der Waals surface area contributed by atoms with Crippen LogP contribution in [0.4, 0.5) is 0 Å². The lowest BCUT2D eigenvalue weighted by atomic mass is 10.2. The number of hydrogen-bond donors (Lipinski definition) is 1. The summed E-state index contributed by atoms with van der Waals surface area (Å²) in [5, 5.41) is 2.76. The molecule has 0 fully saturated rings. The van der Waals surface area contributed by atoms with E-state index in [9.17, 15) is 4.79 Å². The number of carbonyl (C=O) groups is 1. The number of carbonyl (C=O) groups excluding carboxylic acids is 1. The van der Waals surface area contributed by atoms with E-state index in [1.807, 2.05) is 35.9 Å². The first-order chi connectivity index (χ1) is 11.6. The predicted octanol–water partition coefficient (Wildman–Crippen LogP) is 2.86. The summed E-state index contributed by atoms with van der Waals surface area (Å²) in [5.41, 5.74) is 1.48. The monoisotopic (exact) mass is 357 g/mol. The van der Waals surface area contributed by atoms with Crippen molar-refractivity contribution in [3.63, 3.8) is 0 Å². The number of ether oxygens (including phenoxy) is 1. The van der Waals surface area contributed by atoms with Crippen LogP contribution in [0.2, 0.25) is 0 Å². The molecule has 0 spiro atoms. The van der Waals surface area contributed by atoms with Crippen LogP contribution in [0.3, 0.4) is 0 Å². The molecule has 0 atom stereocenters. The van der Waals surface area contributed by atoms with Crippen molar-refractivity contribution in [3.05, 3.63) is 58.9 Å². The number of rotatable bonds is 2. The smallest absolute Gasteiger partial charge is 0.257 e. The third-order valence-electron chi connectivity index (χ3n) is 3.46. The normalized spacial score (nSPS) is 11.5. The molecule has 0 aliphatic carbocycles. The van der Waals surface area contributed by atoms with Crippen LogP contribution in [-0.4, -0.2) is 22.7 Å². The second kappa shape index (κ2) is 6.94. The van der Waals surface area contributed by atoms with Crippen molar-refractivity contribution >= 4 is 44.8 Å². The highest BCUT2D eigenvalue weighted by atomic mass is 32.1. The molecule has 1 heterocycles. The standard InChI is InChI=1S/C17H15N3O2S2/c1-20-14-12(22-2)9-6-10-13(14)24-17(20)19-16(23)18-15(21)11-7-4-3-5-8-11/h3-10H,1-2H3,(H,18,21,23)/b19-17+. The average Bonchev–Trinajstić information content (AvgIpc) is 2.91. The summed E-state index contributed by atoms with van der Waals surface area (Å²) in [7, 11) is 3.52. The van der Waals surface area contributed by atoms with Crippen LogP contribution in [0.25, 0.3) is 10.2 Å². The minimum Gasteiger partial charge on any atom is -0.495 e. The highest BCUT2D eigenvalue weighted by Gasteiger charge is 2.10. The number of methoxy groups -OCH3 is 1. The Kier molecular flexibility index (Phi) is 4.73. The number of benzene rings is 2. The summed E-state index contributed by atoms with van der Waals surface area (Å²) in [5.74, 6) is 0.498. The third kappa shape index (κ3) is 3.22. The van der Waals surface area contributed by atoms with Gasteiger partial charge < -0.3 is 9.30 Å². The minimum absolute atomic E-state index is 0.130. The number of nitrogens with one attached hydrogen (secondary N) is 1. The van der Waals surface area contributed by atoms with Gasteiger partial charge in [-0.1, -0.05) is 35.6 Å². The van der Waals surface area contributed by atoms with E-state index in [2.05, 4.69) is 10.3 Å². The van der Waals surface area contributed by atoms with E-state index in [1.165, 1.54) is 11.3 Å². The molecule has 0 saturated carbocycles. The van der Waals surface area contributed by atoms with E-state index in [0.717, 1.165) is 16.0 Å². The lowest BCUT2D eigenvalue weighted by Gasteiger charge is -2.04. The quantitative estimate of drug-likeness (QED) is 0.718. The molecule has 1 aromatic heterocycles. The van der Waals surface area contributed by atoms with E-state index in [1.54, 1.807) is 31.4 Å². The summed E-state index contributed by atoms with van der Waals surface area (Å²) < 4.78 is 8.33. The van der Waals surface area contributed by atoms with Gasteiger partial charge in [-0.25, -0.2) is 0 Å². The van der Waals surface area contributed by atoms with Gasteiger partial charge in [0.05, 0.1) is 11.8 Å². The molecule has 0 saturated heterocycles. The van der Waals surface area contributed by atoms with Crippen molar-refractivity contribution in [1.82, 2.24) is 9.88 Å². The van der Waals surface area contributed by atoms with E-state index in [4.69, 9.17) is 17.0 Å². The maximum atomic E-state index is 12.1. The van der Waals surface area contributed by atoms with Crippen molar-refractivity contribution in [3.8, 4) is 5.75 Å². The van der Waals surface area contributed by atoms with Gasteiger partial charge in [0.25, 0.3) is 5.91 Å². The number of thiazole rings is 1. The lowest BCUT2D eigenvalue weighted by molar-refractivity contribution is 0.0977. The lowest BCUT2D eigenvalue weighted by Crippen LogP contribution is -2.29. The number of nitrogens with zero attached hydrogens (tertiary/aromatic N) is 2. The first kappa shape index (κ1) is 16.4. The molecule has 3 aromatic rings. The van der Waals surface area contributed by atoms with Crippen LogP contribution in [-0.2, 0) is 7.05 Å². The Hall–Kier alpha value is -2.51. The SMILES string of the molecule is COc1cccc2s/c(=N/C(=S)NC(=O)c3ccccc3)n(C)c12. The molecule has 3 rings (SSSR count). The zero-order valence-electron chi connectivity index (χ0n) is 13.1. The summed E-state index contributed by atoms with van der Waals surface area (Å²) >= 11 is 6.68. The highest BCUT2D eigenvalue weighted by Crippen LogP contribution is 2.26. The minimum atomic E-state index is -0.273. The number of aryl methyl sites for hydroxylation is 1. The van der Waals surface area contributed by atoms with Gasteiger partial charge in [0.15, 0.2) is 4.80 Å². The number of thiocarbonyl (C=S) groups is 1. The fourth-order valence-electron chi connectivity index (χ4n) is 2.31. The average molecular weight is 357 g/mol. The second-order valence-electron chi connectivity index (χ2n) is 4.99. The number of para-hydroxylation sites is 1. The molecule has 0 bridgehead atoms. The maximum absolute atomic E-state index is 12.1. The highest BCUT2D eigenvalue weighted by molar-refractivity contribution is 7.80. The summed E-state index contributed by atoms with van der Waals surface area (Å²) in [6.45, 7) is 0. The molecular weight excluding hydrogens is 342 g/mol. The molecule has 0 aliphatic rings. The Balaban J connectivity index is 1.91. The van der Waals surface area contributed by atoms with E-state index < -0.39 is 0 Å². The molecule has 1 N–H and O–H groups in total. The van der Waals surface area contributed by atoms with Crippen molar-refractivity contribution in [2.24, 2.45) is 12.0 Å². The molecule has 122 valence electrons.